The molecule has 6 aliphatic rings. The average molecular weight is 526 g/mol. The minimum Gasteiger partial charge on any atom is -0.393 e. The molecule has 9 atom stereocenters. The van der Waals surface area contributed by atoms with Crippen LogP contribution in [0.2, 0.25) is 0 Å². The molecule has 38 heavy (non-hydrogen) atoms. The number of β-amino-alcohol motifs (C(OH)–C–C–N with tert-alkyl or cyclic N) is 1. The highest BCUT2D eigenvalue weighted by molar-refractivity contribution is 5.84. The van der Waals surface area contributed by atoms with Crippen molar-refractivity contribution in [1.29, 1.82) is 0 Å². The first-order valence-corrected chi connectivity index (χ1v) is 16.0. The third kappa shape index (κ3) is 3.44. The molecular formula is C34H55NO3. The van der Waals surface area contributed by atoms with Gasteiger partial charge in [-0.15, -0.1) is 0 Å². The normalized spacial score (nSPS) is 51.2. The van der Waals surface area contributed by atoms with Gasteiger partial charge in [-0.05, 0) is 115 Å². The van der Waals surface area contributed by atoms with Gasteiger partial charge in [-0.1, -0.05) is 60.1 Å². The molecule has 0 aromatic heterocycles. The molecule has 1 saturated heterocycles. The molecule has 0 radical (unpaired) electrons. The number of carbonyl (C=O) groups excluding carboxylic acids is 1. The second-order valence-corrected chi connectivity index (χ2v) is 16.9. The van der Waals surface area contributed by atoms with Crippen LogP contribution in [0.25, 0.3) is 0 Å². The summed E-state index contributed by atoms with van der Waals surface area (Å²) >= 11 is 0. The van der Waals surface area contributed by atoms with Crippen LogP contribution in [0, 0.1) is 50.2 Å². The fourth-order valence-electron chi connectivity index (χ4n) is 11.9. The van der Waals surface area contributed by atoms with Crippen molar-refractivity contribution < 1.29 is 15.0 Å². The number of hydrogen-bond donors (Lipinski definition) is 2. The second-order valence-electron chi connectivity index (χ2n) is 16.9. The molecule has 1 unspecified atom stereocenters. The average Bonchev–Trinajstić information content (AvgIpc) is 3.27. The predicted octanol–water partition coefficient (Wildman–Crippen LogP) is 6.74. The van der Waals surface area contributed by atoms with Crippen molar-refractivity contribution in [2.45, 2.75) is 131 Å². The van der Waals surface area contributed by atoms with Gasteiger partial charge in [0.1, 0.15) is 0 Å². The summed E-state index contributed by atoms with van der Waals surface area (Å²) < 4.78 is 0. The minimum atomic E-state index is -0.356. The van der Waals surface area contributed by atoms with Crippen molar-refractivity contribution in [3.63, 3.8) is 0 Å². The molecule has 4 heteroatoms. The van der Waals surface area contributed by atoms with E-state index in [9.17, 15) is 15.0 Å². The third-order valence-electron chi connectivity index (χ3n) is 14.5. The maximum Gasteiger partial charge on any atom is 0.229 e. The van der Waals surface area contributed by atoms with Gasteiger partial charge in [0.2, 0.25) is 5.91 Å². The summed E-state index contributed by atoms with van der Waals surface area (Å²) in [6.07, 6.45) is 13.8. The molecule has 1 amide bonds. The van der Waals surface area contributed by atoms with Crippen LogP contribution in [0.1, 0.15) is 119 Å². The highest BCUT2D eigenvalue weighted by atomic mass is 16.3. The van der Waals surface area contributed by atoms with E-state index in [1.165, 1.54) is 12.8 Å². The number of likely N-dealkylation sites (tertiary alicyclic amines) is 1. The van der Waals surface area contributed by atoms with Crippen molar-refractivity contribution >= 4 is 5.91 Å². The second kappa shape index (κ2) is 8.34. The van der Waals surface area contributed by atoms with Crippen molar-refractivity contribution in [2.24, 2.45) is 50.2 Å². The van der Waals surface area contributed by atoms with Crippen LogP contribution < -0.4 is 0 Å². The summed E-state index contributed by atoms with van der Waals surface area (Å²) in [4.78, 5) is 16.4. The third-order valence-corrected chi connectivity index (χ3v) is 14.5. The quantitative estimate of drug-likeness (QED) is 0.373. The Morgan fingerprint density at radius 2 is 1.58 bits per heavy atom. The van der Waals surface area contributed by atoms with Crippen molar-refractivity contribution in [3.8, 4) is 0 Å². The van der Waals surface area contributed by atoms with Gasteiger partial charge in [-0.2, -0.15) is 0 Å². The first kappa shape index (κ1) is 27.3. The van der Waals surface area contributed by atoms with Gasteiger partial charge < -0.3 is 15.1 Å². The zero-order valence-corrected chi connectivity index (χ0v) is 25.4. The molecule has 5 fully saturated rings. The van der Waals surface area contributed by atoms with Crippen LogP contribution in [0.5, 0.6) is 0 Å². The molecular weight excluding hydrogens is 470 g/mol. The first-order valence-electron chi connectivity index (χ1n) is 16.0. The standard InChI is InChI=1S/C34H55NO3/c1-29(2)15-17-34(28(38)35-19-12-22(36)21-35)18-16-32(6)23(24(34)20-29)8-9-26-31(5)13-11-27(37)30(3,4)25(31)10-14-33(26,32)7/h8,22,24-27,36-37H,9-21H2,1-7H3/t22-,24-,25-,26+,27?,31-,32+,33+,34-/m0/s1. The van der Waals surface area contributed by atoms with E-state index in [1.807, 2.05) is 4.90 Å². The lowest BCUT2D eigenvalue weighted by Gasteiger charge is -2.71. The maximum absolute atomic E-state index is 14.4. The molecule has 0 aromatic carbocycles. The largest absolute Gasteiger partial charge is 0.393 e. The number of rotatable bonds is 1. The fraction of sp³-hybridized carbons (Fsp3) is 0.912. The molecule has 1 heterocycles. The van der Waals surface area contributed by atoms with Crippen molar-refractivity contribution in [2.75, 3.05) is 13.1 Å². The Morgan fingerprint density at radius 1 is 0.868 bits per heavy atom. The van der Waals surface area contributed by atoms with E-state index < -0.39 is 0 Å². The Hall–Kier alpha value is -0.870. The summed E-state index contributed by atoms with van der Waals surface area (Å²) in [5.41, 5.74) is 2.16. The number of fused-ring (bicyclic) bond motifs is 7. The van der Waals surface area contributed by atoms with Gasteiger partial charge in [0, 0.05) is 13.1 Å². The van der Waals surface area contributed by atoms with Crippen LogP contribution in [-0.2, 0) is 4.79 Å². The predicted molar refractivity (Wildman–Crippen MR) is 152 cm³/mol. The molecule has 2 N–H and O–H groups in total. The molecule has 214 valence electrons. The lowest BCUT2D eigenvalue weighted by atomic mass is 9.33. The van der Waals surface area contributed by atoms with Gasteiger partial charge >= 0.3 is 0 Å². The zero-order valence-electron chi connectivity index (χ0n) is 25.4. The van der Waals surface area contributed by atoms with E-state index in [-0.39, 0.29) is 44.7 Å². The summed E-state index contributed by atoms with van der Waals surface area (Å²) in [7, 11) is 0. The minimum absolute atomic E-state index is 0.0267. The van der Waals surface area contributed by atoms with Gasteiger partial charge in [-0.25, -0.2) is 0 Å². The summed E-state index contributed by atoms with van der Waals surface area (Å²) in [6.45, 7) is 18.5. The van der Waals surface area contributed by atoms with Gasteiger partial charge in [0.25, 0.3) is 0 Å². The first-order chi connectivity index (χ1) is 17.6. The van der Waals surface area contributed by atoms with Gasteiger partial charge in [-0.3, -0.25) is 4.79 Å². The van der Waals surface area contributed by atoms with Crippen molar-refractivity contribution in [1.82, 2.24) is 4.90 Å². The molecule has 0 bridgehead atoms. The molecule has 0 spiro atoms. The van der Waals surface area contributed by atoms with E-state index >= 15 is 0 Å². The Balaban J connectivity index is 1.41. The van der Waals surface area contributed by atoms with E-state index in [2.05, 4.69) is 54.5 Å². The molecule has 4 nitrogen and oxygen atoms in total. The summed E-state index contributed by atoms with van der Waals surface area (Å²) in [5, 5.41) is 21.3. The number of carbonyl (C=O) groups is 1. The van der Waals surface area contributed by atoms with Crippen LogP contribution in [0.3, 0.4) is 0 Å². The number of nitrogens with zero attached hydrogens (tertiary/aromatic N) is 1. The maximum atomic E-state index is 14.4. The number of aliphatic hydroxyl groups excluding tert-OH is 2. The number of hydrogen-bond acceptors (Lipinski definition) is 3. The Kier molecular flexibility index (Phi) is 5.99. The number of allylic oxidation sites excluding steroid dienone is 2. The zero-order chi connectivity index (χ0) is 27.5. The molecule has 0 aromatic rings. The molecule has 1 aliphatic heterocycles. The van der Waals surface area contributed by atoms with Crippen LogP contribution in [0.15, 0.2) is 11.6 Å². The fourth-order valence-corrected chi connectivity index (χ4v) is 11.9. The summed E-state index contributed by atoms with van der Waals surface area (Å²) in [5.74, 6) is 1.87. The Bertz CT molecular complexity index is 1030. The topological polar surface area (TPSA) is 60.8 Å². The smallest absolute Gasteiger partial charge is 0.229 e. The van der Waals surface area contributed by atoms with Crippen LogP contribution in [-0.4, -0.2) is 46.3 Å². The SMILES string of the molecule is CC1(C)CC[C@]2(C(=O)N3CC[C@H](O)C3)CC[C@]3(C)C(=CC[C@@H]4[C@@]5(C)CCC(O)C(C)(C)[C@@H]5CC[C@]43C)[C@@H]2C1. The van der Waals surface area contributed by atoms with Crippen LogP contribution in [0.4, 0.5) is 0 Å². The Morgan fingerprint density at radius 3 is 2.26 bits per heavy atom. The highest BCUT2D eigenvalue weighted by Crippen LogP contribution is 2.75. The lowest BCUT2D eigenvalue weighted by Crippen LogP contribution is -2.65. The Labute approximate surface area is 232 Å². The van der Waals surface area contributed by atoms with E-state index in [1.54, 1.807) is 5.57 Å². The monoisotopic (exact) mass is 525 g/mol. The van der Waals surface area contributed by atoms with E-state index in [4.69, 9.17) is 0 Å². The van der Waals surface area contributed by atoms with E-state index in [0.717, 1.165) is 64.3 Å². The molecule has 5 aliphatic carbocycles. The van der Waals surface area contributed by atoms with E-state index in [0.29, 0.717) is 30.2 Å². The lowest BCUT2D eigenvalue weighted by molar-refractivity contribution is -0.204. The van der Waals surface area contributed by atoms with Crippen molar-refractivity contribution in [3.05, 3.63) is 11.6 Å². The summed E-state index contributed by atoms with van der Waals surface area (Å²) in [6, 6.07) is 0. The highest BCUT2D eigenvalue weighted by Gasteiger charge is 2.69. The number of amides is 1. The number of aliphatic hydroxyl groups is 2. The van der Waals surface area contributed by atoms with Crippen LogP contribution >= 0.6 is 0 Å². The van der Waals surface area contributed by atoms with Gasteiger partial charge in [0.15, 0.2) is 0 Å². The molecule has 4 saturated carbocycles. The van der Waals surface area contributed by atoms with Gasteiger partial charge in [0.05, 0.1) is 17.6 Å². The molecule has 6 rings (SSSR count).